The number of piperazine rings is 1. The number of carbonyl (C=O) groups is 1. The van der Waals surface area contributed by atoms with E-state index in [0.29, 0.717) is 25.6 Å². The molecule has 1 aromatic carbocycles. The second-order valence-corrected chi connectivity index (χ2v) is 7.56. The molecule has 1 amide bonds. The molecule has 3 rings (SSSR count). The molecule has 1 fully saturated rings. The van der Waals surface area contributed by atoms with E-state index in [0.717, 1.165) is 18.4 Å². The zero-order valence-corrected chi connectivity index (χ0v) is 16.9. The van der Waals surface area contributed by atoms with E-state index in [2.05, 4.69) is 68.4 Å². The molecule has 2 heterocycles. The van der Waals surface area contributed by atoms with E-state index in [-0.39, 0.29) is 9.96 Å². The summed E-state index contributed by atoms with van der Waals surface area (Å²) in [6.07, 6.45) is 5.67. The summed E-state index contributed by atoms with van der Waals surface area (Å²) in [5.74, 6) is 6.34. The largest absolute Gasteiger partial charge is 0.327 e. The third-order valence-corrected chi connectivity index (χ3v) is 5.29. The lowest BCUT2D eigenvalue weighted by molar-refractivity contribution is -0.125. The Labute approximate surface area is 168 Å². The number of aromatic nitrogens is 2. The number of halogens is 1. The van der Waals surface area contributed by atoms with Crippen molar-refractivity contribution in [1.82, 2.24) is 14.9 Å². The van der Waals surface area contributed by atoms with Gasteiger partial charge in [-0.15, -0.1) is 0 Å². The second kappa shape index (κ2) is 8.99. The Balaban J connectivity index is 1.60. The summed E-state index contributed by atoms with van der Waals surface area (Å²) < 4.78 is 0.128. The fourth-order valence-corrected chi connectivity index (χ4v) is 3.84. The first-order chi connectivity index (χ1) is 12.7. The highest BCUT2D eigenvalue weighted by Gasteiger charge is 2.28. The van der Waals surface area contributed by atoms with Crippen molar-refractivity contribution in [2.75, 3.05) is 24.5 Å². The Morgan fingerprint density at radius 3 is 2.62 bits per heavy atom. The number of hydrogen-bond donors (Lipinski definition) is 0. The molecular formula is C20H21IN4O. The number of nitrogens with zero attached hydrogens (tertiary/aromatic N) is 4. The highest BCUT2D eigenvalue weighted by atomic mass is 127. The van der Waals surface area contributed by atoms with Gasteiger partial charge < -0.3 is 9.80 Å². The first kappa shape index (κ1) is 18.6. The average molecular weight is 460 g/mol. The number of amides is 1. The van der Waals surface area contributed by atoms with Gasteiger partial charge in [0.15, 0.2) is 0 Å². The summed E-state index contributed by atoms with van der Waals surface area (Å²) in [5.41, 5.74) is 2.18. The van der Waals surface area contributed by atoms with Crippen molar-refractivity contribution in [2.24, 2.45) is 0 Å². The molecule has 0 saturated carbocycles. The first-order valence-corrected chi connectivity index (χ1v) is 9.99. The summed E-state index contributed by atoms with van der Waals surface area (Å²) in [6.45, 7) is 4.11. The Kier molecular flexibility index (Phi) is 6.45. The zero-order chi connectivity index (χ0) is 18.4. The van der Waals surface area contributed by atoms with E-state index >= 15 is 0 Å². The summed E-state index contributed by atoms with van der Waals surface area (Å²) in [5, 5.41) is 0. The Hall–Kier alpha value is -2.14. The third kappa shape index (κ3) is 4.73. The van der Waals surface area contributed by atoms with Crippen LogP contribution in [0.25, 0.3) is 0 Å². The molecule has 6 heteroatoms. The molecular weight excluding hydrogens is 439 g/mol. The maximum Gasteiger partial charge on any atom is 0.298 e. The van der Waals surface area contributed by atoms with Crippen molar-refractivity contribution in [1.29, 1.82) is 0 Å². The third-order valence-electron chi connectivity index (χ3n) is 4.22. The van der Waals surface area contributed by atoms with E-state index < -0.39 is 0 Å². The lowest BCUT2D eigenvalue weighted by atomic mass is 10.1. The maximum absolute atomic E-state index is 12.4. The fourth-order valence-electron chi connectivity index (χ4n) is 2.84. The number of alkyl halides is 1. The Bertz CT molecular complexity index is 798. The van der Waals surface area contributed by atoms with E-state index in [9.17, 15) is 4.79 Å². The summed E-state index contributed by atoms with van der Waals surface area (Å²) in [6, 6.07) is 9.93. The molecule has 1 atom stereocenters. The number of rotatable bonds is 3. The van der Waals surface area contributed by atoms with Gasteiger partial charge in [0.05, 0.1) is 6.54 Å². The van der Waals surface area contributed by atoms with E-state index in [1.54, 1.807) is 23.4 Å². The predicted octanol–water partition coefficient (Wildman–Crippen LogP) is 2.89. The lowest BCUT2D eigenvalue weighted by Gasteiger charge is -2.37. The van der Waals surface area contributed by atoms with Crippen LogP contribution in [0.5, 0.6) is 0 Å². The second-order valence-electron chi connectivity index (χ2n) is 6.12. The SMILES string of the molecule is CCCc1ccc(C#CC(=O)N2CCN(c3ncccn3)C(I)C2)cc1. The van der Waals surface area contributed by atoms with Crippen LogP contribution in [-0.4, -0.2) is 44.5 Å². The van der Waals surface area contributed by atoms with Gasteiger partial charge in [-0.2, -0.15) is 0 Å². The van der Waals surface area contributed by atoms with Crippen LogP contribution < -0.4 is 4.90 Å². The van der Waals surface area contributed by atoms with Gasteiger partial charge in [-0.25, -0.2) is 9.97 Å². The van der Waals surface area contributed by atoms with Crippen molar-refractivity contribution in [3.05, 3.63) is 53.9 Å². The fraction of sp³-hybridized carbons (Fsp3) is 0.350. The molecule has 1 unspecified atom stereocenters. The summed E-state index contributed by atoms with van der Waals surface area (Å²) >= 11 is 2.33. The number of benzene rings is 1. The monoisotopic (exact) mass is 460 g/mol. The van der Waals surface area contributed by atoms with Gasteiger partial charge >= 0.3 is 0 Å². The van der Waals surface area contributed by atoms with E-state index in [4.69, 9.17) is 0 Å². The van der Waals surface area contributed by atoms with Crippen molar-refractivity contribution < 1.29 is 4.79 Å². The predicted molar refractivity (Wildman–Crippen MR) is 111 cm³/mol. The molecule has 0 spiro atoms. The molecule has 0 N–H and O–H groups in total. The number of carbonyl (C=O) groups excluding carboxylic acids is 1. The highest BCUT2D eigenvalue weighted by Crippen LogP contribution is 2.20. The molecule has 26 heavy (non-hydrogen) atoms. The van der Waals surface area contributed by atoms with Crippen molar-refractivity contribution in [2.45, 2.75) is 23.8 Å². The van der Waals surface area contributed by atoms with Crippen LogP contribution in [-0.2, 0) is 11.2 Å². The van der Waals surface area contributed by atoms with Gasteiger partial charge in [-0.1, -0.05) is 54.0 Å². The number of aryl methyl sites for hydroxylation is 1. The van der Waals surface area contributed by atoms with Gasteiger partial charge in [0.1, 0.15) is 4.05 Å². The van der Waals surface area contributed by atoms with Gasteiger partial charge in [0.2, 0.25) is 5.95 Å². The first-order valence-electron chi connectivity index (χ1n) is 8.75. The van der Waals surface area contributed by atoms with Gasteiger partial charge in [0.25, 0.3) is 5.91 Å². The minimum absolute atomic E-state index is 0.127. The highest BCUT2D eigenvalue weighted by molar-refractivity contribution is 14.1. The van der Waals surface area contributed by atoms with Crippen LogP contribution in [0.2, 0.25) is 0 Å². The average Bonchev–Trinajstić information content (AvgIpc) is 2.68. The van der Waals surface area contributed by atoms with Crippen LogP contribution >= 0.6 is 22.6 Å². The molecule has 2 aromatic rings. The summed E-state index contributed by atoms with van der Waals surface area (Å²) in [7, 11) is 0. The standard InChI is InChI=1S/C20H21IN4O/c1-2-4-16-5-7-17(8-6-16)9-10-19(26)24-13-14-25(18(21)15-24)20-22-11-3-12-23-20/h3,5-8,11-12,18H,2,4,13-15H2,1H3. The molecule has 5 nitrogen and oxygen atoms in total. The van der Waals surface area contributed by atoms with E-state index in [1.165, 1.54) is 5.56 Å². The topological polar surface area (TPSA) is 49.3 Å². The van der Waals surface area contributed by atoms with Crippen LogP contribution in [0.3, 0.4) is 0 Å². The van der Waals surface area contributed by atoms with Crippen molar-refractivity contribution in [3.63, 3.8) is 0 Å². The van der Waals surface area contributed by atoms with Crippen LogP contribution in [0.1, 0.15) is 24.5 Å². The number of hydrogen-bond acceptors (Lipinski definition) is 4. The Morgan fingerprint density at radius 2 is 1.96 bits per heavy atom. The van der Waals surface area contributed by atoms with Crippen LogP contribution in [0.15, 0.2) is 42.7 Å². The molecule has 0 bridgehead atoms. The van der Waals surface area contributed by atoms with E-state index in [1.807, 2.05) is 12.1 Å². The molecule has 0 aliphatic carbocycles. The minimum atomic E-state index is -0.127. The summed E-state index contributed by atoms with van der Waals surface area (Å²) in [4.78, 5) is 24.9. The normalized spacial score (nSPS) is 16.8. The van der Waals surface area contributed by atoms with Gasteiger partial charge in [0, 0.05) is 37.0 Å². The minimum Gasteiger partial charge on any atom is -0.327 e. The lowest BCUT2D eigenvalue weighted by Crippen LogP contribution is -2.52. The molecule has 1 aromatic heterocycles. The number of anilines is 1. The van der Waals surface area contributed by atoms with Gasteiger partial charge in [-0.3, -0.25) is 4.79 Å². The molecule has 1 saturated heterocycles. The van der Waals surface area contributed by atoms with Crippen molar-refractivity contribution in [3.8, 4) is 11.8 Å². The van der Waals surface area contributed by atoms with Crippen molar-refractivity contribution >= 4 is 34.4 Å². The molecule has 0 radical (unpaired) electrons. The van der Waals surface area contributed by atoms with Gasteiger partial charge in [-0.05, 0) is 30.2 Å². The molecule has 1 aliphatic heterocycles. The Morgan fingerprint density at radius 1 is 1.23 bits per heavy atom. The molecule has 134 valence electrons. The quantitative estimate of drug-likeness (QED) is 0.306. The van der Waals surface area contributed by atoms with Crippen LogP contribution in [0, 0.1) is 11.8 Å². The van der Waals surface area contributed by atoms with Crippen LogP contribution in [0.4, 0.5) is 5.95 Å². The molecule has 1 aliphatic rings. The maximum atomic E-state index is 12.4. The zero-order valence-electron chi connectivity index (χ0n) is 14.7. The smallest absolute Gasteiger partial charge is 0.298 e.